The molecule has 1 saturated heterocycles. The highest BCUT2D eigenvalue weighted by molar-refractivity contribution is 5.80. The van der Waals surface area contributed by atoms with Crippen molar-refractivity contribution in [2.24, 2.45) is 0 Å². The highest BCUT2D eigenvalue weighted by atomic mass is 16.5. The Labute approximate surface area is 164 Å². The standard InChI is InChI=1S/C21H27N5O2/c1-16-19-14-17(15-22-8-5-9-25-10-12-28-13-11-25)21(27)23-20(19)26(24-16)18-6-3-2-4-7-18/h2-4,6-7,14,22H,5,8-13,15H2,1H3,(H,23,27). The number of nitrogens with one attached hydrogen (secondary N) is 2. The molecule has 28 heavy (non-hydrogen) atoms. The van der Waals surface area contributed by atoms with Crippen LogP contribution in [0.15, 0.2) is 41.2 Å². The minimum Gasteiger partial charge on any atom is -0.379 e. The van der Waals surface area contributed by atoms with Crippen molar-refractivity contribution < 1.29 is 4.74 Å². The van der Waals surface area contributed by atoms with Gasteiger partial charge in [0, 0.05) is 30.6 Å². The fourth-order valence-electron chi connectivity index (χ4n) is 3.62. The number of nitrogens with zero attached hydrogens (tertiary/aromatic N) is 3. The normalized spacial score (nSPS) is 15.3. The zero-order chi connectivity index (χ0) is 19.3. The van der Waals surface area contributed by atoms with E-state index in [2.05, 4.69) is 20.3 Å². The molecule has 0 amide bonds. The van der Waals surface area contributed by atoms with Crippen LogP contribution in [0.1, 0.15) is 17.7 Å². The Morgan fingerprint density at radius 3 is 2.79 bits per heavy atom. The van der Waals surface area contributed by atoms with Gasteiger partial charge in [-0.3, -0.25) is 9.69 Å². The van der Waals surface area contributed by atoms with Crippen LogP contribution in [-0.4, -0.2) is 59.1 Å². The molecular formula is C21H27N5O2. The molecule has 0 spiro atoms. The summed E-state index contributed by atoms with van der Waals surface area (Å²) in [6.07, 6.45) is 1.06. The lowest BCUT2D eigenvalue weighted by Crippen LogP contribution is -2.37. The van der Waals surface area contributed by atoms with Crippen molar-refractivity contribution >= 4 is 11.0 Å². The smallest absolute Gasteiger partial charge is 0.254 e. The lowest BCUT2D eigenvalue weighted by Gasteiger charge is -2.26. The molecule has 0 aliphatic carbocycles. The first kappa shape index (κ1) is 18.9. The maximum atomic E-state index is 12.6. The summed E-state index contributed by atoms with van der Waals surface area (Å²) >= 11 is 0. The van der Waals surface area contributed by atoms with E-state index in [-0.39, 0.29) is 5.56 Å². The number of H-pyrrole nitrogens is 1. The van der Waals surface area contributed by atoms with E-state index in [0.29, 0.717) is 6.54 Å². The monoisotopic (exact) mass is 381 g/mol. The van der Waals surface area contributed by atoms with Gasteiger partial charge in [0.2, 0.25) is 0 Å². The Kier molecular flexibility index (Phi) is 5.85. The zero-order valence-corrected chi connectivity index (χ0v) is 16.3. The number of ether oxygens (including phenoxy) is 1. The SMILES string of the molecule is Cc1nn(-c2ccccc2)c2[nH]c(=O)c(CNCCCN3CCOCC3)cc12. The number of hydrogen-bond donors (Lipinski definition) is 2. The summed E-state index contributed by atoms with van der Waals surface area (Å²) in [5.41, 5.74) is 3.26. The molecular weight excluding hydrogens is 354 g/mol. The molecule has 148 valence electrons. The number of fused-ring (bicyclic) bond motifs is 1. The van der Waals surface area contributed by atoms with Crippen molar-refractivity contribution in [1.82, 2.24) is 25.0 Å². The van der Waals surface area contributed by atoms with Crippen LogP contribution < -0.4 is 10.9 Å². The van der Waals surface area contributed by atoms with Gasteiger partial charge < -0.3 is 15.0 Å². The lowest BCUT2D eigenvalue weighted by atomic mass is 10.2. The number of pyridine rings is 1. The van der Waals surface area contributed by atoms with E-state index < -0.39 is 0 Å². The lowest BCUT2D eigenvalue weighted by molar-refractivity contribution is 0.0374. The molecule has 0 atom stereocenters. The first-order chi connectivity index (χ1) is 13.7. The van der Waals surface area contributed by atoms with Crippen LogP contribution in [0.4, 0.5) is 0 Å². The third-order valence-corrected chi connectivity index (χ3v) is 5.20. The molecule has 2 aromatic heterocycles. The summed E-state index contributed by atoms with van der Waals surface area (Å²) in [7, 11) is 0. The van der Waals surface area contributed by atoms with E-state index in [1.807, 2.05) is 43.3 Å². The van der Waals surface area contributed by atoms with Gasteiger partial charge in [0.1, 0.15) is 5.65 Å². The van der Waals surface area contributed by atoms with Gasteiger partial charge in [0.25, 0.3) is 5.56 Å². The fourth-order valence-corrected chi connectivity index (χ4v) is 3.62. The maximum Gasteiger partial charge on any atom is 0.254 e. The number of aromatic amines is 1. The molecule has 3 aromatic rings. The van der Waals surface area contributed by atoms with Crippen LogP contribution in [0.25, 0.3) is 16.7 Å². The summed E-state index contributed by atoms with van der Waals surface area (Å²) in [4.78, 5) is 18.0. The van der Waals surface area contributed by atoms with E-state index in [0.717, 1.165) is 73.8 Å². The first-order valence-corrected chi connectivity index (χ1v) is 9.90. The average Bonchev–Trinajstić information content (AvgIpc) is 3.05. The molecule has 1 aliphatic rings. The first-order valence-electron chi connectivity index (χ1n) is 9.90. The highest BCUT2D eigenvalue weighted by Crippen LogP contribution is 2.19. The van der Waals surface area contributed by atoms with Crippen LogP contribution in [0, 0.1) is 6.92 Å². The number of morpholine rings is 1. The second-order valence-electron chi connectivity index (χ2n) is 7.20. The quantitative estimate of drug-likeness (QED) is 0.611. The largest absolute Gasteiger partial charge is 0.379 e. The maximum absolute atomic E-state index is 12.6. The molecule has 3 heterocycles. The van der Waals surface area contributed by atoms with Gasteiger partial charge in [-0.25, -0.2) is 4.68 Å². The Balaban J connectivity index is 1.41. The molecule has 2 N–H and O–H groups in total. The van der Waals surface area contributed by atoms with Gasteiger partial charge >= 0.3 is 0 Å². The number of para-hydroxylation sites is 1. The zero-order valence-electron chi connectivity index (χ0n) is 16.3. The molecule has 7 heteroatoms. The second kappa shape index (κ2) is 8.68. The minimum atomic E-state index is -0.0646. The topological polar surface area (TPSA) is 75.2 Å². The Hall–Kier alpha value is -2.48. The van der Waals surface area contributed by atoms with Crippen molar-refractivity contribution in [3.63, 3.8) is 0 Å². The van der Waals surface area contributed by atoms with Crippen molar-refractivity contribution in [2.45, 2.75) is 19.9 Å². The fraction of sp³-hybridized carbons (Fsp3) is 0.429. The van der Waals surface area contributed by atoms with Gasteiger partial charge in [0.15, 0.2) is 0 Å². The summed E-state index contributed by atoms with van der Waals surface area (Å²) in [6, 6.07) is 11.8. The summed E-state index contributed by atoms with van der Waals surface area (Å²) in [5, 5.41) is 8.99. The molecule has 0 bridgehead atoms. The van der Waals surface area contributed by atoms with Crippen LogP contribution in [0.3, 0.4) is 0 Å². The summed E-state index contributed by atoms with van der Waals surface area (Å²) in [6.45, 7) is 8.18. The Bertz CT molecular complexity index is 974. The third-order valence-electron chi connectivity index (χ3n) is 5.20. The Morgan fingerprint density at radius 2 is 2.00 bits per heavy atom. The second-order valence-corrected chi connectivity index (χ2v) is 7.20. The van der Waals surface area contributed by atoms with Crippen molar-refractivity contribution in [1.29, 1.82) is 0 Å². The summed E-state index contributed by atoms with van der Waals surface area (Å²) in [5.74, 6) is 0. The Morgan fingerprint density at radius 1 is 1.21 bits per heavy atom. The number of aromatic nitrogens is 3. The van der Waals surface area contributed by atoms with Crippen LogP contribution in [-0.2, 0) is 11.3 Å². The number of hydrogen-bond acceptors (Lipinski definition) is 5. The van der Waals surface area contributed by atoms with E-state index in [1.54, 1.807) is 4.68 Å². The minimum absolute atomic E-state index is 0.0646. The van der Waals surface area contributed by atoms with Crippen molar-refractivity contribution in [3.05, 3.63) is 58.0 Å². The van der Waals surface area contributed by atoms with E-state index in [1.165, 1.54) is 0 Å². The summed E-state index contributed by atoms with van der Waals surface area (Å²) < 4.78 is 7.17. The van der Waals surface area contributed by atoms with Crippen molar-refractivity contribution in [3.8, 4) is 5.69 Å². The van der Waals surface area contributed by atoms with Gasteiger partial charge in [0.05, 0.1) is 24.6 Å². The molecule has 7 nitrogen and oxygen atoms in total. The predicted octanol–water partition coefficient (Wildman–Crippen LogP) is 1.83. The molecule has 0 radical (unpaired) electrons. The van der Waals surface area contributed by atoms with Crippen LogP contribution in [0.5, 0.6) is 0 Å². The van der Waals surface area contributed by atoms with Gasteiger partial charge in [-0.15, -0.1) is 0 Å². The number of aryl methyl sites for hydroxylation is 1. The van der Waals surface area contributed by atoms with Gasteiger partial charge in [-0.2, -0.15) is 5.10 Å². The molecule has 1 aromatic carbocycles. The van der Waals surface area contributed by atoms with E-state index >= 15 is 0 Å². The molecule has 0 saturated carbocycles. The van der Waals surface area contributed by atoms with Crippen LogP contribution >= 0.6 is 0 Å². The number of rotatable bonds is 7. The number of benzene rings is 1. The highest BCUT2D eigenvalue weighted by Gasteiger charge is 2.13. The van der Waals surface area contributed by atoms with E-state index in [9.17, 15) is 4.79 Å². The van der Waals surface area contributed by atoms with Gasteiger partial charge in [-0.05, 0) is 44.6 Å². The molecule has 0 unspecified atom stereocenters. The molecule has 4 rings (SSSR count). The molecule has 1 aliphatic heterocycles. The average molecular weight is 381 g/mol. The molecule has 1 fully saturated rings. The van der Waals surface area contributed by atoms with Crippen LogP contribution in [0.2, 0.25) is 0 Å². The van der Waals surface area contributed by atoms with Crippen molar-refractivity contribution in [2.75, 3.05) is 39.4 Å². The van der Waals surface area contributed by atoms with Gasteiger partial charge in [-0.1, -0.05) is 18.2 Å². The third kappa shape index (κ3) is 4.16. The predicted molar refractivity (Wildman–Crippen MR) is 110 cm³/mol. The van der Waals surface area contributed by atoms with E-state index in [4.69, 9.17) is 4.74 Å².